The van der Waals surface area contributed by atoms with Gasteiger partial charge >= 0.3 is 0 Å². The summed E-state index contributed by atoms with van der Waals surface area (Å²) in [5.41, 5.74) is 2.00. The molecular formula is C23H27N3O3. The van der Waals surface area contributed by atoms with Gasteiger partial charge in [-0.25, -0.2) is 0 Å². The molecule has 29 heavy (non-hydrogen) atoms. The van der Waals surface area contributed by atoms with Crippen LogP contribution in [-0.2, 0) is 16.0 Å². The molecule has 3 aromatic rings. The third kappa shape index (κ3) is 5.85. The van der Waals surface area contributed by atoms with Gasteiger partial charge in [0.15, 0.2) is 0 Å². The van der Waals surface area contributed by atoms with Crippen LogP contribution in [0.3, 0.4) is 0 Å². The molecule has 0 aliphatic carbocycles. The summed E-state index contributed by atoms with van der Waals surface area (Å²) in [4.78, 5) is 28.3. The number of nitrogens with one attached hydrogen (secondary N) is 3. The summed E-state index contributed by atoms with van der Waals surface area (Å²) in [6.07, 6.45) is 2.48. The SMILES string of the molecule is CC(C)NC(=O)[C@@H](Cc1c[nH]c2ccccc12)NC(=O)CCOc1ccccc1. The molecule has 3 N–H and O–H groups in total. The Bertz CT molecular complexity index is 950. The van der Waals surface area contributed by atoms with E-state index < -0.39 is 6.04 Å². The van der Waals surface area contributed by atoms with Crippen LogP contribution in [-0.4, -0.2) is 35.5 Å². The third-order valence-electron chi connectivity index (χ3n) is 4.52. The van der Waals surface area contributed by atoms with E-state index >= 15 is 0 Å². The first-order valence-electron chi connectivity index (χ1n) is 9.85. The number of para-hydroxylation sites is 2. The van der Waals surface area contributed by atoms with E-state index in [1.54, 1.807) is 0 Å². The Kier molecular flexibility index (Phi) is 6.89. The number of H-pyrrole nitrogens is 1. The fourth-order valence-corrected chi connectivity index (χ4v) is 3.16. The molecule has 152 valence electrons. The summed E-state index contributed by atoms with van der Waals surface area (Å²) in [7, 11) is 0. The van der Waals surface area contributed by atoms with E-state index in [4.69, 9.17) is 4.74 Å². The Morgan fingerprint density at radius 2 is 1.72 bits per heavy atom. The summed E-state index contributed by atoms with van der Waals surface area (Å²) in [5.74, 6) is 0.306. The van der Waals surface area contributed by atoms with Gasteiger partial charge in [-0.05, 0) is 37.6 Å². The van der Waals surface area contributed by atoms with E-state index in [9.17, 15) is 9.59 Å². The molecule has 0 fully saturated rings. The van der Waals surface area contributed by atoms with Crippen LogP contribution in [0, 0.1) is 0 Å². The second-order valence-corrected chi connectivity index (χ2v) is 7.26. The van der Waals surface area contributed by atoms with Crippen LogP contribution in [0.2, 0.25) is 0 Å². The van der Waals surface area contributed by atoms with E-state index in [1.807, 2.05) is 74.6 Å². The van der Waals surface area contributed by atoms with Crippen molar-refractivity contribution in [1.29, 1.82) is 0 Å². The number of ether oxygens (including phenoxy) is 1. The van der Waals surface area contributed by atoms with Crippen LogP contribution in [0.5, 0.6) is 5.75 Å². The lowest BCUT2D eigenvalue weighted by molar-refractivity contribution is -0.129. The van der Waals surface area contributed by atoms with Crippen molar-refractivity contribution in [3.8, 4) is 5.75 Å². The molecule has 0 aliphatic heterocycles. The minimum atomic E-state index is -0.652. The average molecular weight is 393 g/mol. The van der Waals surface area contributed by atoms with Gasteiger partial charge in [0.2, 0.25) is 11.8 Å². The fraction of sp³-hybridized carbons (Fsp3) is 0.304. The quantitative estimate of drug-likeness (QED) is 0.522. The summed E-state index contributed by atoms with van der Waals surface area (Å²) in [6, 6.07) is 16.6. The monoisotopic (exact) mass is 393 g/mol. The lowest BCUT2D eigenvalue weighted by Gasteiger charge is -2.20. The van der Waals surface area contributed by atoms with Crippen LogP contribution in [0.1, 0.15) is 25.8 Å². The largest absolute Gasteiger partial charge is 0.493 e. The summed E-state index contributed by atoms with van der Waals surface area (Å²) >= 11 is 0. The molecule has 3 rings (SSSR count). The Morgan fingerprint density at radius 1 is 1.00 bits per heavy atom. The first kappa shape index (κ1) is 20.5. The molecular weight excluding hydrogens is 366 g/mol. The molecule has 0 bridgehead atoms. The molecule has 0 spiro atoms. The highest BCUT2D eigenvalue weighted by Crippen LogP contribution is 2.19. The van der Waals surface area contributed by atoms with Crippen LogP contribution >= 0.6 is 0 Å². The minimum absolute atomic E-state index is 0.00807. The maximum Gasteiger partial charge on any atom is 0.243 e. The Labute approximate surface area is 170 Å². The highest BCUT2D eigenvalue weighted by molar-refractivity contribution is 5.89. The van der Waals surface area contributed by atoms with Crippen LogP contribution in [0.25, 0.3) is 10.9 Å². The molecule has 1 heterocycles. The first-order chi connectivity index (χ1) is 14.0. The molecule has 1 atom stereocenters. The van der Waals surface area contributed by atoms with Gasteiger partial charge in [-0.15, -0.1) is 0 Å². The molecule has 0 unspecified atom stereocenters. The number of hydrogen-bond acceptors (Lipinski definition) is 3. The second kappa shape index (κ2) is 9.78. The van der Waals surface area contributed by atoms with Gasteiger partial charge < -0.3 is 20.4 Å². The van der Waals surface area contributed by atoms with Gasteiger partial charge in [0, 0.05) is 29.6 Å². The van der Waals surface area contributed by atoms with E-state index in [2.05, 4.69) is 15.6 Å². The zero-order valence-corrected chi connectivity index (χ0v) is 16.8. The summed E-state index contributed by atoms with van der Waals surface area (Å²) in [6.45, 7) is 4.05. The molecule has 2 amide bonds. The van der Waals surface area contributed by atoms with Crippen molar-refractivity contribution in [2.24, 2.45) is 0 Å². The lowest BCUT2D eigenvalue weighted by atomic mass is 10.0. The number of rotatable bonds is 9. The summed E-state index contributed by atoms with van der Waals surface area (Å²) < 4.78 is 5.58. The smallest absolute Gasteiger partial charge is 0.243 e. The number of hydrogen-bond donors (Lipinski definition) is 3. The van der Waals surface area contributed by atoms with Crippen LogP contribution in [0.15, 0.2) is 60.8 Å². The van der Waals surface area contributed by atoms with Gasteiger partial charge in [-0.1, -0.05) is 36.4 Å². The van der Waals surface area contributed by atoms with Crippen LogP contribution < -0.4 is 15.4 Å². The van der Waals surface area contributed by atoms with Crippen molar-refractivity contribution >= 4 is 22.7 Å². The second-order valence-electron chi connectivity index (χ2n) is 7.26. The van der Waals surface area contributed by atoms with E-state index in [0.717, 1.165) is 16.5 Å². The number of carbonyl (C=O) groups excluding carboxylic acids is 2. The number of aromatic nitrogens is 1. The zero-order valence-electron chi connectivity index (χ0n) is 16.8. The number of fused-ring (bicyclic) bond motifs is 1. The highest BCUT2D eigenvalue weighted by Gasteiger charge is 2.23. The zero-order chi connectivity index (χ0) is 20.6. The maximum atomic E-state index is 12.7. The predicted octanol–water partition coefficient (Wildman–Crippen LogP) is 3.19. The van der Waals surface area contributed by atoms with Gasteiger partial charge in [0.1, 0.15) is 11.8 Å². The molecule has 6 heteroatoms. The minimum Gasteiger partial charge on any atom is -0.493 e. The molecule has 0 aliphatic rings. The number of amides is 2. The molecule has 0 radical (unpaired) electrons. The third-order valence-corrected chi connectivity index (χ3v) is 4.52. The van der Waals surface area contributed by atoms with Gasteiger partial charge in [-0.3, -0.25) is 9.59 Å². The molecule has 1 aromatic heterocycles. The van der Waals surface area contributed by atoms with Crippen molar-refractivity contribution in [3.63, 3.8) is 0 Å². The Morgan fingerprint density at radius 3 is 2.48 bits per heavy atom. The average Bonchev–Trinajstić information content (AvgIpc) is 3.11. The number of benzene rings is 2. The Hall–Kier alpha value is -3.28. The molecule has 0 saturated carbocycles. The molecule has 0 saturated heterocycles. The lowest BCUT2D eigenvalue weighted by Crippen LogP contribution is -2.49. The van der Waals surface area contributed by atoms with Crippen molar-refractivity contribution in [2.75, 3.05) is 6.61 Å². The summed E-state index contributed by atoms with van der Waals surface area (Å²) in [5, 5.41) is 6.81. The van der Waals surface area contributed by atoms with E-state index in [1.165, 1.54) is 0 Å². The maximum absolute atomic E-state index is 12.7. The standard InChI is InChI=1S/C23H27N3O3/c1-16(2)25-23(28)21(14-17-15-24-20-11-7-6-10-19(17)20)26-22(27)12-13-29-18-8-4-3-5-9-18/h3-11,15-16,21,24H,12-14H2,1-2H3,(H,25,28)(H,26,27)/t21-/m1/s1. The van der Waals surface area contributed by atoms with E-state index in [0.29, 0.717) is 12.2 Å². The van der Waals surface area contributed by atoms with Crippen molar-refractivity contribution in [1.82, 2.24) is 15.6 Å². The molecule has 6 nitrogen and oxygen atoms in total. The van der Waals surface area contributed by atoms with Crippen molar-refractivity contribution < 1.29 is 14.3 Å². The predicted molar refractivity (Wildman–Crippen MR) is 114 cm³/mol. The van der Waals surface area contributed by atoms with Crippen LogP contribution in [0.4, 0.5) is 0 Å². The topological polar surface area (TPSA) is 83.2 Å². The van der Waals surface area contributed by atoms with E-state index in [-0.39, 0.29) is 30.9 Å². The highest BCUT2D eigenvalue weighted by atomic mass is 16.5. The van der Waals surface area contributed by atoms with Gasteiger partial charge in [0.25, 0.3) is 0 Å². The Balaban J connectivity index is 1.63. The fourth-order valence-electron chi connectivity index (χ4n) is 3.16. The normalized spacial score (nSPS) is 12.0. The van der Waals surface area contributed by atoms with Gasteiger partial charge in [0.05, 0.1) is 13.0 Å². The number of carbonyl (C=O) groups is 2. The first-order valence-corrected chi connectivity index (χ1v) is 9.85. The molecule has 2 aromatic carbocycles. The number of aromatic amines is 1. The van der Waals surface area contributed by atoms with Gasteiger partial charge in [-0.2, -0.15) is 0 Å². The van der Waals surface area contributed by atoms with Crippen molar-refractivity contribution in [2.45, 2.75) is 38.8 Å². The van der Waals surface area contributed by atoms with Crippen molar-refractivity contribution in [3.05, 3.63) is 66.4 Å².